The van der Waals surface area contributed by atoms with E-state index in [1.807, 2.05) is 0 Å². The maximum atomic E-state index is 13.9. The number of carbonyl (C=O) groups excluding carboxylic acids is 1. The van der Waals surface area contributed by atoms with Crippen LogP contribution in [0.15, 0.2) is 49.1 Å². The van der Waals surface area contributed by atoms with Crippen molar-refractivity contribution in [1.82, 2.24) is 19.5 Å². The zero-order valence-corrected chi connectivity index (χ0v) is 13.2. The molecule has 0 spiro atoms. The van der Waals surface area contributed by atoms with Crippen LogP contribution >= 0.6 is 0 Å². The Balaban J connectivity index is 1.59. The molecule has 0 fully saturated rings. The number of aromatic nitrogens is 3. The largest absolute Gasteiger partial charge is 0.334 e. The first-order valence-corrected chi connectivity index (χ1v) is 7.85. The monoisotopic (exact) mass is 340 g/mol. The van der Waals surface area contributed by atoms with Crippen molar-refractivity contribution in [1.29, 1.82) is 0 Å². The molecule has 1 aromatic carbocycles. The smallest absolute Gasteiger partial charge is 0.258 e. The molecule has 0 bridgehead atoms. The molecule has 1 aliphatic heterocycles. The van der Waals surface area contributed by atoms with E-state index in [4.69, 9.17) is 0 Å². The molecule has 0 radical (unpaired) electrons. The van der Waals surface area contributed by atoms with Crippen LogP contribution in [0.1, 0.15) is 22.3 Å². The van der Waals surface area contributed by atoms with Crippen LogP contribution in [0.5, 0.6) is 0 Å². The minimum absolute atomic E-state index is 0.00483. The fourth-order valence-corrected chi connectivity index (χ4v) is 3.05. The Hall–Kier alpha value is -3.09. The molecule has 4 rings (SSSR count). The van der Waals surface area contributed by atoms with Gasteiger partial charge in [-0.05, 0) is 24.1 Å². The molecule has 2 aromatic heterocycles. The van der Waals surface area contributed by atoms with Crippen molar-refractivity contribution in [2.45, 2.75) is 6.42 Å². The lowest BCUT2D eigenvalue weighted by molar-refractivity contribution is 0.0774. The Morgan fingerprint density at radius 1 is 1.16 bits per heavy atom. The summed E-state index contributed by atoms with van der Waals surface area (Å²) in [6, 6.07) is 3.82. The second kappa shape index (κ2) is 6.08. The maximum absolute atomic E-state index is 13.9. The third-order valence-corrected chi connectivity index (χ3v) is 4.34. The minimum Gasteiger partial charge on any atom is -0.334 e. The van der Waals surface area contributed by atoms with E-state index in [0.29, 0.717) is 36.2 Å². The van der Waals surface area contributed by atoms with Crippen LogP contribution in [-0.4, -0.2) is 38.5 Å². The number of carbonyl (C=O) groups is 1. The van der Waals surface area contributed by atoms with Crippen LogP contribution in [0.3, 0.4) is 0 Å². The lowest BCUT2D eigenvalue weighted by Gasteiger charge is -2.26. The predicted octanol–water partition coefficient (Wildman–Crippen LogP) is 2.94. The number of hydrogen-bond donors (Lipinski definition) is 0. The van der Waals surface area contributed by atoms with E-state index < -0.39 is 11.6 Å². The molecule has 25 heavy (non-hydrogen) atoms. The average Bonchev–Trinajstić information content (AvgIpc) is 3.06. The number of benzene rings is 1. The van der Waals surface area contributed by atoms with Crippen molar-refractivity contribution in [3.8, 4) is 0 Å². The minimum atomic E-state index is -0.584. The zero-order valence-electron chi connectivity index (χ0n) is 13.2. The summed E-state index contributed by atoms with van der Waals surface area (Å²) in [5, 5.41) is 4.13. The van der Waals surface area contributed by atoms with Gasteiger partial charge in [0.25, 0.3) is 5.91 Å². The van der Waals surface area contributed by atoms with E-state index >= 15 is 0 Å². The van der Waals surface area contributed by atoms with Gasteiger partial charge in [0.15, 0.2) is 0 Å². The van der Waals surface area contributed by atoms with Crippen LogP contribution in [0.4, 0.5) is 8.78 Å². The second-order valence-corrected chi connectivity index (χ2v) is 5.79. The first-order valence-electron chi connectivity index (χ1n) is 7.85. The van der Waals surface area contributed by atoms with Gasteiger partial charge >= 0.3 is 0 Å². The zero-order chi connectivity index (χ0) is 17.4. The molecular weight excluding hydrogens is 326 g/mol. The van der Waals surface area contributed by atoms with Crippen molar-refractivity contribution in [3.05, 3.63) is 71.8 Å². The average molecular weight is 340 g/mol. The summed E-state index contributed by atoms with van der Waals surface area (Å²) in [5.74, 6) is -1.34. The predicted molar refractivity (Wildman–Crippen MR) is 87.8 cm³/mol. The van der Waals surface area contributed by atoms with E-state index in [0.717, 1.165) is 0 Å². The number of fused-ring (bicyclic) bond motifs is 1. The molecule has 126 valence electrons. The Morgan fingerprint density at radius 2 is 1.96 bits per heavy atom. The first kappa shape index (κ1) is 15.4. The maximum Gasteiger partial charge on any atom is 0.258 e. The van der Waals surface area contributed by atoms with E-state index in [2.05, 4.69) is 10.1 Å². The highest BCUT2D eigenvalue weighted by atomic mass is 19.1. The number of halogens is 2. The Morgan fingerprint density at radius 3 is 2.68 bits per heavy atom. The molecule has 3 aromatic rings. The Kier molecular flexibility index (Phi) is 3.76. The highest BCUT2D eigenvalue weighted by molar-refractivity contribution is 6.00. The summed E-state index contributed by atoms with van der Waals surface area (Å²) in [7, 11) is 0. The van der Waals surface area contributed by atoms with Gasteiger partial charge in [0.05, 0.1) is 23.5 Å². The van der Waals surface area contributed by atoms with Crippen molar-refractivity contribution >= 4 is 17.0 Å². The van der Waals surface area contributed by atoms with E-state index in [1.54, 1.807) is 34.1 Å². The van der Waals surface area contributed by atoms with Gasteiger partial charge in [0, 0.05) is 31.0 Å². The van der Waals surface area contributed by atoms with Crippen molar-refractivity contribution in [2.75, 3.05) is 13.1 Å². The summed E-state index contributed by atoms with van der Waals surface area (Å²) in [5.41, 5.74) is 1.67. The molecule has 3 heterocycles. The summed E-state index contributed by atoms with van der Waals surface area (Å²) in [4.78, 5) is 18.4. The van der Waals surface area contributed by atoms with Gasteiger partial charge in [-0.2, -0.15) is 5.10 Å². The topological polar surface area (TPSA) is 50.5 Å². The molecular formula is C18H14F2N4O. The van der Waals surface area contributed by atoms with E-state index in [1.165, 1.54) is 24.4 Å². The molecule has 0 unspecified atom stereocenters. The highest BCUT2D eigenvalue weighted by Gasteiger charge is 2.24. The number of hydrogen-bond acceptors (Lipinski definition) is 3. The van der Waals surface area contributed by atoms with Crippen molar-refractivity contribution in [3.63, 3.8) is 0 Å². The molecule has 5 nitrogen and oxygen atoms in total. The second-order valence-electron chi connectivity index (χ2n) is 5.79. The van der Waals surface area contributed by atoms with Crippen LogP contribution in [0.25, 0.3) is 11.1 Å². The van der Waals surface area contributed by atoms with Crippen LogP contribution in [0, 0.1) is 11.6 Å². The lowest BCUT2D eigenvalue weighted by Crippen LogP contribution is -2.34. The summed E-state index contributed by atoms with van der Waals surface area (Å²) < 4.78 is 29.4. The quantitative estimate of drug-likeness (QED) is 0.721. The van der Waals surface area contributed by atoms with Crippen molar-refractivity contribution < 1.29 is 13.6 Å². The Bertz CT molecular complexity index is 975. The van der Waals surface area contributed by atoms with Crippen LogP contribution in [-0.2, 0) is 0 Å². The fourth-order valence-electron chi connectivity index (χ4n) is 3.05. The van der Waals surface area contributed by atoms with Gasteiger partial charge in [-0.15, -0.1) is 0 Å². The van der Waals surface area contributed by atoms with Gasteiger partial charge in [0.1, 0.15) is 11.6 Å². The van der Waals surface area contributed by atoms with Crippen LogP contribution < -0.4 is 0 Å². The normalized spacial score (nSPS) is 14.6. The van der Waals surface area contributed by atoms with Gasteiger partial charge < -0.3 is 4.90 Å². The van der Waals surface area contributed by atoms with E-state index in [-0.39, 0.29) is 11.5 Å². The number of amides is 1. The highest BCUT2D eigenvalue weighted by Crippen LogP contribution is 2.27. The summed E-state index contributed by atoms with van der Waals surface area (Å²) in [6.07, 6.45) is 8.44. The lowest BCUT2D eigenvalue weighted by atomic mass is 9.98. The van der Waals surface area contributed by atoms with Gasteiger partial charge in [0.2, 0.25) is 0 Å². The van der Waals surface area contributed by atoms with Crippen LogP contribution in [0.2, 0.25) is 0 Å². The third kappa shape index (κ3) is 2.67. The van der Waals surface area contributed by atoms with Crippen molar-refractivity contribution in [2.24, 2.45) is 0 Å². The molecule has 0 atom stereocenters. The van der Waals surface area contributed by atoms with Gasteiger partial charge in [-0.25, -0.2) is 13.3 Å². The molecule has 0 aliphatic carbocycles. The molecule has 0 saturated heterocycles. The molecule has 7 heteroatoms. The first-order chi connectivity index (χ1) is 12.1. The van der Waals surface area contributed by atoms with Gasteiger partial charge in [-0.1, -0.05) is 12.1 Å². The molecule has 0 saturated carbocycles. The number of nitrogens with zero attached hydrogens (tertiary/aromatic N) is 4. The SMILES string of the molecule is O=C(c1cnn2ccncc12)N1CC=C(c2c(F)cccc2F)CC1. The Labute approximate surface area is 142 Å². The standard InChI is InChI=1S/C18H14F2N4O/c19-14-2-1-3-15(20)17(14)12-4-7-23(8-5-12)18(25)13-10-22-24-9-6-21-11-16(13)24/h1-4,6,9-11H,5,7-8H2. The van der Waals surface area contributed by atoms with Gasteiger partial charge in [-0.3, -0.25) is 9.78 Å². The summed E-state index contributed by atoms with van der Waals surface area (Å²) >= 11 is 0. The van der Waals surface area contributed by atoms with E-state index in [9.17, 15) is 13.6 Å². The fraction of sp³-hybridized carbons (Fsp3) is 0.167. The molecule has 1 amide bonds. The number of rotatable bonds is 2. The molecule has 0 N–H and O–H groups in total. The third-order valence-electron chi connectivity index (χ3n) is 4.34. The molecule has 1 aliphatic rings. The summed E-state index contributed by atoms with van der Waals surface area (Å²) in [6.45, 7) is 0.676.